The highest BCUT2D eigenvalue weighted by Crippen LogP contribution is 2.24. The Kier molecular flexibility index (Phi) is 4.59. The van der Waals surface area contributed by atoms with Crippen LogP contribution in [0.2, 0.25) is 0 Å². The zero-order chi connectivity index (χ0) is 14.8. The van der Waals surface area contributed by atoms with Gasteiger partial charge in [-0.3, -0.25) is 0 Å². The molecule has 108 valence electrons. The Morgan fingerprint density at radius 1 is 1.25 bits per heavy atom. The highest BCUT2D eigenvalue weighted by molar-refractivity contribution is 7.91. The van der Waals surface area contributed by atoms with Crippen molar-refractivity contribution in [3.05, 3.63) is 52.4 Å². The van der Waals surface area contributed by atoms with Gasteiger partial charge in [0.15, 0.2) is 0 Å². The summed E-state index contributed by atoms with van der Waals surface area (Å²) in [6.45, 7) is 2.71. The molecule has 20 heavy (non-hydrogen) atoms. The predicted molar refractivity (Wildman–Crippen MR) is 82.0 cm³/mol. The molecule has 0 amide bonds. The van der Waals surface area contributed by atoms with E-state index in [-0.39, 0.29) is 0 Å². The van der Waals surface area contributed by atoms with E-state index in [1.54, 1.807) is 18.5 Å². The van der Waals surface area contributed by atoms with E-state index in [4.69, 9.17) is 5.73 Å². The van der Waals surface area contributed by atoms with Crippen LogP contribution < -0.4 is 5.73 Å². The van der Waals surface area contributed by atoms with Gasteiger partial charge < -0.3 is 5.73 Å². The third-order valence-corrected chi connectivity index (χ3v) is 6.29. The number of hydrogen-bond acceptors (Lipinski definition) is 4. The minimum Gasteiger partial charge on any atom is -0.326 e. The number of nitrogens with two attached hydrogens (primary N) is 1. The monoisotopic (exact) mass is 310 g/mol. The fourth-order valence-corrected chi connectivity index (χ4v) is 4.49. The summed E-state index contributed by atoms with van der Waals surface area (Å²) < 4.78 is 26.6. The summed E-state index contributed by atoms with van der Waals surface area (Å²) in [5.74, 6) is 0. The minimum absolute atomic E-state index is 0.341. The van der Waals surface area contributed by atoms with Crippen molar-refractivity contribution in [2.45, 2.75) is 24.2 Å². The molecule has 0 aliphatic rings. The summed E-state index contributed by atoms with van der Waals surface area (Å²) in [7, 11) is -1.85. The number of thiophene rings is 1. The summed E-state index contributed by atoms with van der Waals surface area (Å²) in [4.78, 5) is 0. The first kappa shape index (κ1) is 15.2. The molecular formula is C14H18N2O2S2. The molecule has 6 heteroatoms. The van der Waals surface area contributed by atoms with Gasteiger partial charge in [-0.05, 0) is 29.5 Å². The first-order valence-electron chi connectivity index (χ1n) is 6.23. The van der Waals surface area contributed by atoms with Crippen LogP contribution in [-0.4, -0.2) is 19.8 Å². The molecule has 2 N–H and O–H groups in total. The fraction of sp³-hybridized carbons (Fsp3) is 0.286. The van der Waals surface area contributed by atoms with Crippen LogP contribution in [0.1, 0.15) is 16.7 Å². The molecule has 4 nitrogen and oxygen atoms in total. The SMILES string of the molecule is Cc1cccc(CN(C)S(=O)(=O)c2cc(CN)cs2)c1. The van der Waals surface area contributed by atoms with E-state index in [0.29, 0.717) is 17.3 Å². The highest BCUT2D eigenvalue weighted by Gasteiger charge is 2.22. The quantitative estimate of drug-likeness (QED) is 0.922. The maximum absolute atomic E-state index is 12.4. The first-order valence-corrected chi connectivity index (χ1v) is 8.55. The summed E-state index contributed by atoms with van der Waals surface area (Å²) in [6.07, 6.45) is 0. The third-order valence-electron chi connectivity index (χ3n) is 3.02. The number of hydrogen-bond donors (Lipinski definition) is 1. The molecule has 0 aliphatic heterocycles. The van der Waals surface area contributed by atoms with Crippen molar-refractivity contribution in [3.63, 3.8) is 0 Å². The van der Waals surface area contributed by atoms with Crippen molar-refractivity contribution in [2.24, 2.45) is 5.73 Å². The van der Waals surface area contributed by atoms with Crippen LogP contribution in [0.3, 0.4) is 0 Å². The highest BCUT2D eigenvalue weighted by atomic mass is 32.2. The number of nitrogens with zero attached hydrogens (tertiary/aromatic N) is 1. The molecule has 2 rings (SSSR count). The van der Waals surface area contributed by atoms with Crippen molar-refractivity contribution in [2.75, 3.05) is 7.05 Å². The second kappa shape index (κ2) is 6.05. The smallest absolute Gasteiger partial charge is 0.252 e. The number of sulfonamides is 1. The van der Waals surface area contributed by atoms with Crippen molar-refractivity contribution < 1.29 is 8.42 Å². The molecule has 0 atom stereocenters. The molecule has 1 aromatic heterocycles. The zero-order valence-electron chi connectivity index (χ0n) is 11.5. The second-order valence-corrected chi connectivity index (χ2v) is 7.91. The normalized spacial score (nSPS) is 12.0. The van der Waals surface area contributed by atoms with Crippen LogP contribution in [0.5, 0.6) is 0 Å². The Morgan fingerprint density at radius 2 is 2.00 bits per heavy atom. The molecule has 0 aliphatic carbocycles. The lowest BCUT2D eigenvalue weighted by Crippen LogP contribution is -2.25. The van der Waals surface area contributed by atoms with Crippen LogP contribution in [0.15, 0.2) is 39.9 Å². The van der Waals surface area contributed by atoms with Crippen LogP contribution in [0.25, 0.3) is 0 Å². The van der Waals surface area contributed by atoms with Gasteiger partial charge in [0.2, 0.25) is 0 Å². The summed E-state index contributed by atoms with van der Waals surface area (Å²) in [6, 6.07) is 9.49. The maximum atomic E-state index is 12.4. The number of rotatable bonds is 5. The molecule has 1 heterocycles. The van der Waals surface area contributed by atoms with Gasteiger partial charge in [0.1, 0.15) is 4.21 Å². The lowest BCUT2D eigenvalue weighted by molar-refractivity contribution is 0.468. The van der Waals surface area contributed by atoms with Crippen molar-refractivity contribution in [3.8, 4) is 0 Å². The average molecular weight is 310 g/mol. The van der Waals surface area contributed by atoms with Crippen molar-refractivity contribution in [1.82, 2.24) is 4.31 Å². The topological polar surface area (TPSA) is 63.4 Å². The van der Waals surface area contributed by atoms with Gasteiger partial charge in [-0.25, -0.2) is 8.42 Å². The standard InChI is InChI=1S/C14H18N2O2S2/c1-11-4-3-5-12(6-11)9-16(2)20(17,18)14-7-13(8-15)10-19-14/h3-7,10H,8-9,15H2,1-2H3. The largest absolute Gasteiger partial charge is 0.326 e. The number of aryl methyl sites for hydroxylation is 1. The Labute approximate surface area is 123 Å². The molecule has 0 saturated carbocycles. The lowest BCUT2D eigenvalue weighted by atomic mass is 10.1. The van der Waals surface area contributed by atoms with Gasteiger partial charge in [0, 0.05) is 20.1 Å². The minimum atomic E-state index is -3.44. The fourth-order valence-electron chi connectivity index (χ4n) is 1.90. The van der Waals surface area contributed by atoms with Crippen LogP contribution >= 0.6 is 11.3 Å². The molecule has 0 fully saturated rings. The molecule has 1 aromatic carbocycles. The molecular weight excluding hydrogens is 292 g/mol. The Morgan fingerprint density at radius 3 is 2.60 bits per heavy atom. The molecule has 0 unspecified atom stereocenters. The van der Waals surface area contributed by atoms with E-state index in [9.17, 15) is 8.42 Å². The summed E-state index contributed by atoms with van der Waals surface area (Å²) >= 11 is 1.21. The van der Waals surface area contributed by atoms with Gasteiger partial charge >= 0.3 is 0 Å². The summed E-state index contributed by atoms with van der Waals surface area (Å²) in [5.41, 5.74) is 8.46. The second-order valence-electron chi connectivity index (χ2n) is 4.73. The predicted octanol–water partition coefficient (Wildman–Crippen LogP) is 2.34. The van der Waals surface area contributed by atoms with Gasteiger partial charge in [-0.2, -0.15) is 4.31 Å². The Bertz CT molecular complexity index is 693. The van der Waals surface area contributed by atoms with E-state index < -0.39 is 10.0 Å². The molecule has 0 radical (unpaired) electrons. The van der Waals surface area contributed by atoms with E-state index in [2.05, 4.69) is 0 Å². The van der Waals surface area contributed by atoms with E-state index in [1.807, 2.05) is 31.2 Å². The van der Waals surface area contributed by atoms with E-state index in [0.717, 1.165) is 16.7 Å². The maximum Gasteiger partial charge on any atom is 0.252 e. The molecule has 2 aromatic rings. The van der Waals surface area contributed by atoms with E-state index in [1.165, 1.54) is 15.6 Å². The van der Waals surface area contributed by atoms with Gasteiger partial charge in [0.05, 0.1) is 0 Å². The zero-order valence-corrected chi connectivity index (χ0v) is 13.2. The third kappa shape index (κ3) is 3.27. The molecule has 0 spiro atoms. The van der Waals surface area contributed by atoms with E-state index >= 15 is 0 Å². The average Bonchev–Trinajstić information content (AvgIpc) is 2.88. The van der Waals surface area contributed by atoms with Crippen LogP contribution in [-0.2, 0) is 23.1 Å². The molecule has 0 bridgehead atoms. The Balaban J connectivity index is 2.21. The first-order chi connectivity index (χ1) is 9.43. The lowest BCUT2D eigenvalue weighted by Gasteiger charge is -2.16. The Hall–Kier alpha value is -1.21. The number of benzene rings is 1. The van der Waals surface area contributed by atoms with Crippen LogP contribution in [0.4, 0.5) is 0 Å². The van der Waals surface area contributed by atoms with Crippen LogP contribution in [0, 0.1) is 6.92 Å². The molecule has 0 saturated heterocycles. The van der Waals surface area contributed by atoms with Gasteiger partial charge in [0.25, 0.3) is 10.0 Å². The van der Waals surface area contributed by atoms with Gasteiger partial charge in [-0.15, -0.1) is 11.3 Å². The van der Waals surface area contributed by atoms with Gasteiger partial charge in [-0.1, -0.05) is 29.8 Å². The van der Waals surface area contributed by atoms with Crippen molar-refractivity contribution >= 4 is 21.4 Å². The summed E-state index contributed by atoms with van der Waals surface area (Å²) in [5, 5.41) is 1.79. The van der Waals surface area contributed by atoms with Crippen molar-refractivity contribution in [1.29, 1.82) is 0 Å².